The molecule has 16 heavy (non-hydrogen) atoms. The highest BCUT2D eigenvalue weighted by Crippen LogP contribution is 2.72. The lowest BCUT2D eigenvalue weighted by Crippen LogP contribution is -2.23. The summed E-state index contributed by atoms with van der Waals surface area (Å²) in [5, 5.41) is 9.62. The second-order valence-electron chi connectivity index (χ2n) is 5.83. The minimum atomic E-state index is -0.0204. The Bertz CT molecular complexity index is 273. The van der Waals surface area contributed by atoms with Crippen molar-refractivity contribution >= 4 is 5.91 Å². The van der Waals surface area contributed by atoms with Crippen LogP contribution in [0.5, 0.6) is 0 Å². The average Bonchev–Trinajstić information content (AvgIpc) is 2.65. The van der Waals surface area contributed by atoms with Crippen LogP contribution in [-0.2, 0) is 4.79 Å². The van der Waals surface area contributed by atoms with E-state index in [1.807, 2.05) is 0 Å². The van der Waals surface area contributed by atoms with Gasteiger partial charge in [-0.25, -0.2) is 0 Å². The highest BCUT2D eigenvalue weighted by molar-refractivity contribution is 5.76. The van der Waals surface area contributed by atoms with E-state index >= 15 is 0 Å². The zero-order chi connectivity index (χ0) is 12.6. The first-order valence-corrected chi connectivity index (χ1v) is 6.14. The van der Waals surface area contributed by atoms with Gasteiger partial charge in [-0.3, -0.25) is 4.79 Å². The summed E-state index contributed by atoms with van der Waals surface area (Å²) in [7, 11) is 3.58. The van der Waals surface area contributed by atoms with Gasteiger partial charge >= 0.3 is 0 Å². The summed E-state index contributed by atoms with van der Waals surface area (Å²) in [6.45, 7) is 6.69. The summed E-state index contributed by atoms with van der Waals surface area (Å²) in [6, 6.07) is 0. The Morgan fingerprint density at radius 2 is 1.94 bits per heavy atom. The van der Waals surface area contributed by atoms with Gasteiger partial charge in [-0.15, -0.1) is 0 Å². The third-order valence-electron chi connectivity index (χ3n) is 4.59. The maximum absolute atomic E-state index is 11.7. The van der Waals surface area contributed by atoms with Crippen molar-refractivity contribution in [1.29, 1.82) is 0 Å². The Morgan fingerprint density at radius 1 is 1.38 bits per heavy atom. The molecule has 0 aromatic heterocycles. The van der Waals surface area contributed by atoms with Crippen molar-refractivity contribution in [3.05, 3.63) is 0 Å². The van der Waals surface area contributed by atoms with Crippen LogP contribution in [0, 0.1) is 16.7 Å². The third kappa shape index (κ3) is 1.86. The highest BCUT2D eigenvalue weighted by atomic mass is 16.3. The maximum Gasteiger partial charge on any atom is 0.222 e. The van der Waals surface area contributed by atoms with Gasteiger partial charge in [-0.2, -0.15) is 0 Å². The quantitative estimate of drug-likeness (QED) is 0.779. The van der Waals surface area contributed by atoms with Gasteiger partial charge in [0, 0.05) is 32.5 Å². The minimum absolute atomic E-state index is 0.0204. The molecule has 0 heterocycles. The van der Waals surface area contributed by atoms with Crippen LogP contribution in [0.4, 0.5) is 0 Å². The Balaban J connectivity index is 2.72. The zero-order valence-corrected chi connectivity index (χ0v) is 11.2. The molecule has 94 valence electrons. The van der Waals surface area contributed by atoms with Crippen molar-refractivity contribution in [2.75, 3.05) is 20.7 Å². The van der Waals surface area contributed by atoms with Gasteiger partial charge in [-0.1, -0.05) is 27.2 Å². The highest BCUT2D eigenvalue weighted by Gasteiger charge is 2.69. The molecular weight excluding hydrogens is 202 g/mol. The van der Waals surface area contributed by atoms with E-state index in [1.165, 1.54) is 0 Å². The van der Waals surface area contributed by atoms with E-state index in [0.29, 0.717) is 12.3 Å². The van der Waals surface area contributed by atoms with Gasteiger partial charge in [0.05, 0.1) is 0 Å². The normalized spacial score (nSPS) is 31.2. The molecule has 0 saturated heterocycles. The number of hydrogen-bond acceptors (Lipinski definition) is 2. The number of rotatable bonds is 5. The fourth-order valence-corrected chi connectivity index (χ4v) is 3.21. The molecule has 0 unspecified atom stereocenters. The number of carbonyl (C=O) groups is 1. The summed E-state index contributed by atoms with van der Waals surface area (Å²) in [6.07, 6.45) is 2.65. The van der Waals surface area contributed by atoms with E-state index in [4.69, 9.17) is 0 Å². The summed E-state index contributed by atoms with van der Waals surface area (Å²) in [4.78, 5) is 13.4. The smallest absolute Gasteiger partial charge is 0.222 e. The van der Waals surface area contributed by atoms with Crippen molar-refractivity contribution in [3.8, 4) is 0 Å². The summed E-state index contributed by atoms with van der Waals surface area (Å²) in [5.41, 5.74) is 0.0802. The molecule has 3 heteroatoms. The van der Waals surface area contributed by atoms with Crippen molar-refractivity contribution in [3.63, 3.8) is 0 Å². The zero-order valence-electron chi connectivity index (χ0n) is 11.2. The molecule has 0 aromatic carbocycles. The maximum atomic E-state index is 11.7. The van der Waals surface area contributed by atoms with E-state index < -0.39 is 0 Å². The molecule has 1 aliphatic carbocycles. The third-order valence-corrected chi connectivity index (χ3v) is 4.59. The van der Waals surface area contributed by atoms with Crippen LogP contribution in [0.2, 0.25) is 0 Å². The minimum Gasteiger partial charge on any atom is -0.396 e. The number of carbonyl (C=O) groups excluding carboxylic acids is 1. The molecule has 0 spiro atoms. The van der Waals surface area contributed by atoms with Crippen LogP contribution in [0.25, 0.3) is 0 Å². The van der Waals surface area contributed by atoms with E-state index in [0.717, 1.165) is 12.8 Å². The number of aliphatic hydroxyl groups is 1. The van der Waals surface area contributed by atoms with E-state index in [9.17, 15) is 9.90 Å². The largest absolute Gasteiger partial charge is 0.396 e. The lowest BCUT2D eigenvalue weighted by atomic mass is 9.92. The second-order valence-corrected chi connectivity index (χ2v) is 5.83. The van der Waals surface area contributed by atoms with Gasteiger partial charge in [0.2, 0.25) is 5.91 Å². The monoisotopic (exact) mass is 227 g/mol. The molecule has 1 saturated carbocycles. The van der Waals surface area contributed by atoms with Gasteiger partial charge in [0.25, 0.3) is 0 Å². The van der Waals surface area contributed by atoms with Gasteiger partial charge in [-0.05, 0) is 17.8 Å². The lowest BCUT2D eigenvalue weighted by Gasteiger charge is -2.16. The molecule has 2 atom stereocenters. The number of amides is 1. The SMILES string of the molecule is CCC[C@]1(CO)[C@H](CC(=O)N(C)C)C1(C)C. The molecular formula is C13H25NO2. The van der Waals surface area contributed by atoms with E-state index in [2.05, 4.69) is 20.8 Å². The van der Waals surface area contributed by atoms with Crippen LogP contribution < -0.4 is 0 Å². The molecule has 0 aliphatic heterocycles. The van der Waals surface area contributed by atoms with Crippen molar-refractivity contribution < 1.29 is 9.90 Å². The number of aliphatic hydroxyl groups excluding tert-OH is 1. The Hall–Kier alpha value is -0.570. The first-order chi connectivity index (χ1) is 7.33. The fraction of sp³-hybridized carbons (Fsp3) is 0.923. The molecule has 3 nitrogen and oxygen atoms in total. The molecule has 1 amide bonds. The molecule has 0 radical (unpaired) electrons. The summed E-state index contributed by atoms with van der Waals surface area (Å²) < 4.78 is 0. The van der Waals surface area contributed by atoms with Gasteiger partial charge < -0.3 is 10.0 Å². The van der Waals surface area contributed by atoms with E-state index in [1.54, 1.807) is 19.0 Å². The van der Waals surface area contributed by atoms with Crippen LogP contribution in [0.3, 0.4) is 0 Å². The number of hydrogen-bond donors (Lipinski definition) is 1. The Kier molecular flexibility index (Phi) is 3.68. The number of nitrogens with zero attached hydrogens (tertiary/aromatic N) is 1. The first kappa shape index (κ1) is 13.5. The molecule has 1 N–H and O–H groups in total. The first-order valence-electron chi connectivity index (χ1n) is 6.14. The lowest BCUT2D eigenvalue weighted by molar-refractivity contribution is -0.129. The van der Waals surface area contributed by atoms with Crippen LogP contribution in [0.15, 0.2) is 0 Å². The topological polar surface area (TPSA) is 40.5 Å². The second kappa shape index (κ2) is 4.36. The van der Waals surface area contributed by atoms with Crippen LogP contribution in [0.1, 0.15) is 40.0 Å². The summed E-state index contributed by atoms with van der Waals surface area (Å²) in [5.74, 6) is 0.504. The molecule has 0 aromatic rings. The van der Waals surface area contributed by atoms with Crippen molar-refractivity contribution in [2.24, 2.45) is 16.7 Å². The summed E-state index contributed by atoms with van der Waals surface area (Å²) >= 11 is 0. The van der Waals surface area contributed by atoms with Crippen molar-refractivity contribution in [1.82, 2.24) is 4.90 Å². The van der Waals surface area contributed by atoms with Gasteiger partial charge in [0.15, 0.2) is 0 Å². The van der Waals surface area contributed by atoms with Crippen LogP contribution >= 0.6 is 0 Å². The predicted molar refractivity (Wildman–Crippen MR) is 65.0 cm³/mol. The average molecular weight is 227 g/mol. The van der Waals surface area contributed by atoms with Crippen molar-refractivity contribution in [2.45, 2.75) is 40.0 Å². The molecule has 1 fully saturated rings. The molecule has 1 aliphatic rings. The molecule has 0 bridgehead atoms. The molecule has 1 rings (SSSR count). The van der Waals surface area contributed by atoms with Gasteiger partial charge in [0.1, 0.15) is 0 Å². The van der Waals surface area contributed by atoms with Crippen LogP contribution in [-0.4, -0.2) is 36.6 Å². The Morgan fingerprint density at radius 3 is 2.31 bits per heavy atom. The Labute approximate surface area is 98.8 Å². The van der Waals surface area contributed by atoms with E-state index in [-0.39, 0.29) is 23.3 Å². The fourth-order valence-electron chi connectivity index (χ4n) is 3.21. The predicted octanol–water partition coefficient (Wildman–Crippen LogP) is 1.90. The standard InChI is InChI=1S/C13H25NO2/c1-6-7-13(9-15)10(12(13,2)3)8-11(16)14(4)5/h10,15H,6-9H2,1-5H3/t10-,13+/m1/s1.